The van der Waals surface area contributed by atoms with Crippen LogP contribution in [0.4, 0.5) is 0 Å². The van der Waals surface area contributed by atoms with Gasteiger partial charge in [0, 0.05) is 22.9 Å². The second-order valence-corrected chi connectivity index (χ2v) is 5.52. The molecule has 1 fully saturated rings. The van der Waals surface area contributed by atoms with Gasteiger partial charge >= 0.3 is 0 Å². The van der Waals surface area contributed by atoms with E-state index in [9.17, 15) is 0 Å². The van der Waals surface area contributed by atoms with Gasteiger partial charge in [0.15, 0.2) is 0 Å². The second kappa shape index (κ2) is 5.34. The lowest BCUT2D eigenvalue weighted by atomic mass is 9.90. The lowest BCUT2D eigenvalue weighted by molar-refractivity contribution is 0.307. The number of ether oxygens (including phenoxy) is 1. The Bertz CT molecular complexity index is 648. The first-order chi connectivity index (χ1) is 10.4. The first kappa shape index (κ1) is 12.6. The molecule has 2 aromatic rings. The van der Waals surface area contributed by atoms with Crippen LogP contribution in [-0.2, 0) is 6.61 Å². The van der Waals surface area contributed by atoms with Crippen LogP contribution in [0.25, 0.3) is 5.57 Å². The molecule has 0 atom stereocenters. The standard InChI is InChI=1S/C18H18N2O/c1-2-6-16-15(5-1)17(13-7-10-19-11-8-13)18-14(12-21-16)4-3-9-20-18/h1-6,9,19H,7-8,10-12H2. The molecule has 106 valence electrons. The maximum atomic E-state index is 6.01. The maximum absolute atomic E-state index is 6.01. The van der Waals surface area contributed by atoms with Crippen LogP contribution < -0.4 is 10.1 Å². The van der Waals surface area contributed by atoms with Gasteiger partial charge in [-0.2, -0.15) is 0 Å². The number of para-hydroxylation sites is 1. The lowest BCUT2D eigenvalue weighted by Crippen LogP contribution is -2.24. The van der Waals surface area contributed by atoms with Crippen molar-refractivity contribution in [1.82, 2.24) is 10.3 Å². The molecular formula is C18H18N2O. The van der Waals surface area contributed by atoms with Crippen molar-refractivity contribution in [3.63, 3.8) is 0 Å². The third-order valence-electron chi connectivity index (χ3n) is 4.23. The van der Waals surface area contributed by atoms with E-state index < -0.39 is 0 Å². The molecule has 1 saturated heterocycles. The van der Waals surface area contributed by atoms with Crippen LogP contribution in [0.3, 0.4) is 0 Å². The van der Waals surface area contributed by atoms with E-state index in [-0.39, 0.29) is 0 Å². The Labute approximate surface area is 124 Å². The Hall–Kier alpha value is -2.13. The molecule has 1 aromatic carbocycles. The van der Waals surface area contributed by atoms with Gasteiger partial charge in [0.25, 0.3) is 0 Å². The van der Waals surface area contributed by atoms with E-state index in [1.54, 1.807) is 0 Å². The van der Waals surface area contributed by atoms with Crippen LogP contribution in [0.5, 0.6) is 5.75 Å². The minimum Gasteiger partial charge on any atom is -0.488 e. The average Bonchev–Trinajstić information content (AvgIpc) is 2.72. The first-order valence-electron chi connectivity index (χ1n) is 7.53. The van der Waals surface area contributed by atoms with Crippen molar-refractivity contribution >= 4 is 5.57 Å². The van der Waals surface area contributed by atoms with Crippen LogP contribution >= 0.6 is 0 Å². The highest BCUT2D eigenvalue weighted by Crippen LogP contribution is 2.39. The molecule has 3 nitrogen and oxygen atoms in total. The van der Waals surface area contributed by atoms with E-state index in [2.05, 4.69) is 34.6 Å². The molecule has 4 rings (SSSR count). The third-order valence-corrected chi connectivity index (χ3v) is 4.23. The van der Waals surface area contributed by atoms with E-state index in [1.165, 1.54) is 22.3 Å². The van der Waals surface area contributed by atoms with E-state index >= 15 is 0 Å². The Kier molecular flexibility index (Phi) is 3.20. The van der Waals surface area contributed by atoms with Gasteiger partial charge in [-0.05, 0) is 38.1 Å². The van der Waals surface area contributed by atoms with Gasteiger partial charge in [-0.1, -0.05) is 29.8 Å². The summed E-state index contributed by atoms with van der Waals surface area (Å²) in [5.74, 6) is 0.969. The smallest absolute Gasteiger partial charge is 0.127 e. The number of hydrogen-bond acceptors (Lipinski definition) is 3. The van der Waals surface area contributed by atoms with Crippen molar-refractivity contribution in [3.05, 3.63) is 65.0 Å². The third kappa shape index (κ3) is 2.24. The highest BCUT2D eigenvalue weighted by Gasteiger charge is 2.23. The summed E-state index contributed by atoms with van der Waals surface area (Å²) in [6.07, 6.45) is 4.05. The highest BCUT2D eigenvalue weighted by molar-refractivity contribution is 5.85. The number of rotatable bonds is 0. The first-order valence-corrected chi connectivity index (χ1v) is 7.53. The van der Waals surface area contributed by atoms with Gasteiger partial charge < -0.3 is 10.1 Å². The predicted octanol–water partition coefficient (Wildman–Crippen LogP) is 3.16. The van der Waals surface area contributed by atoms with E-state index in [0.717, 1.165) is 37.4 Å². The van der Waals surface area contributed by atoms with E-state index in [0.29, 0.717) is 6.61 Å². The molecule has 0 aliphatic carbocycles. The summed E-state index contributed by atoms with van der Waals surface area (Å²) in [6.45, 7) is 2.68. The van der Waals surface area contributed by atoms with Crippen LogP contribution in [0.2, 0.25) is 0 Å². The number of fused-ring (bicyclic) bond motifs is 2. The zero-order chi connectivity index (χ0) is 14.1. The van der Waals surface area contributed by atoms with E-state index in [1.807, 2.05) is 18.3 Å². The number of pyridine rings is 1. The summed E-state index contributed by atoms with van der Waals surface area (Å²) in [5, 5.41) is 3.43. The number of hydrogen-bond donors (Lipinski definition) is 1. The van der Waals surface area contributed by atoms with Gasteiger partial charge in [0.2, 0.25) is 0 Å². The SMILES string of the molecule is c1cnc2c(c1)COc1ccccc1C2=C1CCNCC1. The van der Waals surface area contributed by atoms with Gasteiger partial charge in [-0.25, -0.2) is 0 Å². The Morgan fingerprint density at radius 1 is 1.00 bits per heavy atom. The summed E-state index contributed by atoms with van der Waals surface area (Å²) >= 11 is 0. The zero-order valence-electron chi connectivity index (χ0n) is 11.9. The molecule has 3 heterocycles. The van der Waals surface area contributed by atoms with Gasteiger partial charge in [-0.3, -0.25) is 4.98 Å². The summed E-state index contributed by atoms with van der Waals surface area (Å²) in [6, 6.07) is 12.4. The normalized spacial score (nSPS) is 17.5. The number of nitrogens with one attached hydrogen (secondary N) is 1. The molecule has 2 aliphatic rings. The van der Waals surface area contributed by atoms with Crippen molar-refractivity contribution in [3.8, 4) is 5.75 Å². The van der Waals surface area contributed by atoms with Crippen LogP contribution in [0.1, 0.15) is 29.7 Å². The number of piperidine rings is 1. The molecule has 1 aromatic heterocycles. The maximum Gasteiger partial charge on any atom is 0.127 e. The fourth-order valence-corrected chi connectivity index (χ4v) is 3.20. The van der Waals surface area contributed by atoms with Crippen LogP contribution in [-0.4, -0.2) is 18.1 Å². The molecule has 0 saturated carbocycles. The molecule has 0 amide bonds. The van der Waals surface area contributed by atoms with Crippen molar-refractivity contribution in [2.75, 3.05) is 13.1 Å². The second-order valence-electron chi connectivity index (χ2n) is 5.52. The minimum absolute atomic E-state index is 0.592. The summed E-state index contributed by atoms with van der Waals surface area (Å²) in [5.41, 5.74) is 6.24. The highest BCUT2D eigenvalue weighted by atomic mass is 16.5. The van der Waals surface area contributed by atoms with Crippen molar-refractivity contribution < 1.29 is 4.74 Å². The molecule has 0 bridgehead atoms. The average molecular weight is 278 g/mol. The molecule has 0 unspecified atom stereocenters. The lowest BCUT2D eigenvalue weighted by Gasteiger charge is -2.21. The molecule has 21 heavy (non-hydrogen) atoms. The minimum atomic E-state index is 0.592. The van der Waals surface area contributed by atoms with Gasteiger partial charge in [0.05, 0.1) is 5.69 Å². The predicted molar refractivity (Wildman–Crippen MR) is 83.1 cm³/mol. The molecule has 0 spiro atoms. The topological polar surface area (TPSA) is 34.1 Å². The molecular weight excluding hydrogens is 260 g/mol. The number of benzene rings is 1. The quantitative estimate of drug-likeness (QED) is 0.804. The molecule has 1 N–H and O–H groups in total. The van der Waals surface area contributed by atoms with Crippen molar-refractivity contribution in [1.29, 1.82) is 0 Å². The van der Waals surface area contributed by atoms with Crippen molar-refractivity contribution in [2.24, 2.45) is 0 Å². The Morgan fingerprint density at radius 2 is 1.86 bits per heavy atom. The summed E-state index contributed by atoms with van der Waals surface area (Å²) < 4.78 is 6.01. The number of aromatic nitrogens is 1. The molecule has 2 aliphatic heterocycles. The molecule has 0 radical (unpaired) electrons. The largest absolute Gasteiger partial charge is 0.488 e. The summed E-state index contributed by atoms with van der Waals surface area (Å²) in [4.78, 5) is 4.68. The van der Waals surface area contributed by atoms with Gasteiger partial charge in [0.1, 0.15) is 12.4 Å². The summed E-state index contributed by atoms with van der Waals surface area (Å²) in [7, 11) is 0. The Balaban J connectivity index is 1.98. The number of nitrogens with zero attached hydrogens (tertiary/aromatic N) is 1. The van der Waals surface area contributed by atoms with Gasteiger partial charge in [-0.15, -0.1) is 0 Å². The van der Waals surface area contributed by atoms with Crippen LogP contribution in [0.15, 0.2) is 48.2 Å². The molecule has 3 heteroatoms. The zero-order valence-corrected chi connectivity index (χ0v) is 11.9. The Morgan fingerprint density at radius 3 is 2.76 bits per heavy atom. The fraction of sp³-hybridized carbons (Fsp3) is 0.278. The monoisotopic (exact) mass is 278 g/mol. The van der Waals surface area contributed by atoms with Crippen LogP contribution in [0, 0.1) is 0 Å². The van der Waals surface area contributed by atoms with E-state index in [4.69, 9.17) is 4.74 Å². The fourth-order valence-electron chi connectivity index (χ4n) is 3.20. The van der Waals surface area contributed by atoms with Crippen molar-refractivity contribution in [2.45, 2.75) is 19.4 Å².